The first-order chi connectivity index (χ1) is 7.76. The molecule has 1 fully saturated rings. The van der Waals surface area contributed by atoms with Crippen LogP contribution in [0.2, 0.25) is 0 Å². The van der Waals surface area contributed by atoms with E-state index in [-0.39, 0.29) is 12.1 Å². The van der Waals surface area contributed by atoms with E-state index in [1.165, 1.54) is 18.5 Å². The average Bonchev–Trinajstić information content (AvgIpc) is 2.90. The second-order valence-electron chi connectivity index (χ2n) is 4.77. The molecule has 1 saturated carbocycles. The van der Waals surface area contributed by atoms with Crippen LogP contribution in [0.25, 0.3) is 0 Å². The fourth-order valence-electron chi connectivity index (χ4n) is 2.54. The van der Waals surface area contributed by atoms with Gasteiger partial charge >= 0.3 is 0 Å². The van der Waals surface area contributed by atoms with Crippen molar-refractivity contribution < 1.29 is 5.11 Å². The Balaban J connectivity index is 1.81. The van der Waals surface area contributed by atoms with Gasteiger partial charge in [-0.2, -0.15) is 5.10 Å². The minimum Gasteiger partial charge on any atom is -0.394 e. The standard InChI is InChI=1S/C12H21N3O/c1-15-11(5-9-14-15)4-8-13-12(10-16)6-2-3-7-12/h5,9,13,16H,2-4,6-8,10H2,1H3. The number of hydrogen-bond donors (Lipinski definition) is 2. The highest BCUT2D eigenvalue weighted by atomic mass is 16.3. The van der Waals surface area contributed by atoms with Crippen LogP contribution in [0.5, 0.6) is 0 Å². The van der Waals surface area contributed by atoms with Gasteiger partial charge < -0.3 is 10.4 Å². The fraction of sp³-hybridized carbons (Fsp3) is 0.750. The summed E-state index contributed by atoms with van der Waals surface area (Å²) in [6, 6.07) is 2.04. The molecule has 0 atom stereocenters. The lowest BCUT2D eigenvalue weighted by molar-refractivity contribution is 0.165. The molecule has 1 aromatic rings. The van der Waals surface area contributed by atoms with E-state index in [9.17, 15) is 5.11 Å². The first-order valence-electron chi connectivity index (χ1n) is 6.09. The molecule has 0 saturated heterocycles. The summed E-state index contributed by atoms with van der Waals surface area (Å²) in [5.41, 5.74) is 1.23. The van der Waals surface area contributed by atoms with Gasteiger partial charge in [0, 0.05) is 37.4 Å². The van der Waals surface area contributed by atoms with Crippen LogP contribution >= 0.6 is 0 Å². The van der Waals surface area contributed by atoms with Crippen LogP contribution in [0.1, 0.15) is 31.4 Å². The maximum Gasteiger partial charge on any atom is 0.0613 e. The minimum absolute atomic E-state index is 0.00140. The third-order valence-electron chi connectivity index (χ3n) is 3.67. The number of aryl methyl sites for hydroxylation is 1. The van der Waals surface area contributed by atoms with E-state index in [0.29, 0.717) is 0 Å². The van der Waals surface area contributed by atoms with Gasteiger partial charge in [0.2, 0.25) is 0 Å². The third-order valence-corrected chi connectivity index (χ3v) is 3.67. The molecule has 16 heavy (non-hydrogen) atoms. The quantitative estimate of drug-likeness (QED) is 0.778. The largest absolute Gasteiger partial charge is 0.394 e. The number of nitrogens with one attached hydrogen (secondary N) is 1. The fourth-order valence-corrected chi connectivity index (χ4v) is 2.54. The molecule has 0 bridgehead atoms. The van der Waals surface area contributed by atoms with Gasteiger partial charge in [-0.15, -0.1) is 0 Å². The predicted molar refractivity (Wildman–Crippen MR) is 63.2 cm³/mol. The molecule has 0 amide bonds. The molecule has 0 unspecified atom stereocenters. The zero-order valence-electron chi connectivity index (χ0n) is 9.95. The molecule has 2 N–H and O–H groups in total. The van der Waals surface area contributed by atoms with Crippen molar-refractivity contribution in [2.75, 3.05) is 13.2 Å². The minimum atomic E-state index is -0.00140. The zero-order chi connectivity index (χ0) is 11.4. The SMILES string of the molecule is Cn1nccc1CCNC1(CO)CCCC1. The van der Waals surface area contributed by atoms with Gasteiger partial charge in [-0.25, -0.2) is 0 Å². The lowest BCUT2D eigenvalue weighted by Crippen LogP contribution is -2.46. The van der Waals surface area contributed by atoms with Gasteiger partial charge in [-0.3, -0.25) is 4.68 Å². The molecular formula is C12H21N3O. The van der Waals surface area contributed by atoms with E-state index in [0.717, 1.165) is 25.8 Å². The maximum atomic E-state index is 9.45. The molecular weight excluding hydrogens is 202 g/mol. The molecule has 1 aromatic heterocycles. The Morgan fingerprint density at radius 2 is 2.25 bits per heavy atom. The Kier molecular flexibility index (Phi) is 3.61. The van der Waals surface area contributed by atoms with Crippen molar-refractivity contribution in [1.29, 1.82) is 0 Å². The van der Waals surface area contributed by atoms with E-state index < -0.39 is 0 Å². The number of aliphatic hydroxyl groups is 1. The average molecular weight is 223 g/mol. The zero-order valence-corrected chi connectivity index (χ0v) is 9.95. The Labute approximate surface area is 96.7 Å². The van der Waals surface area contributed by atoms with Crippen LogP contribution in [-0.4, -0.2) is 33.6 Å². The van der Waals surface area contributed by atoms with Gasteiger partial charge in [-0.1, -0.05) is 12.8 Å². The van der Waals surface area contributed by atoms with E-state index in [2.05, 4.69) is 10.4 Å². The summed E-state index contributed by atoms with van der Waals surface area (Å²) in [5.74, 6) is 0. The smallest absolute Gasteiger partial charge is 0.0613 e. The molecule has 1 heterocycles. The van der Waals surface area contributed by atoms with Crippen molar-refractivity contribution >= 4 is 0 Å². The van der Waals surface area contributed by atoms with Gasteiger partial charge in [0.1, 0.15) is 0 Å². The second kappa shape index (κ2) is 4.97. The van der Waals surface area contributed by atoms with Crippen molar-refractivity contribution in [3.05, 3.63) is 18.0 Å². The Morgan fingerprint density at radius 1 is 1.50 bits per heavy atom. The predicted octanol–water partition coefficient (Wildman–Crippen LogP) is 0.857. The van der Waals surface area contributed by atoms with E-state index in [1.807, 2.05) is 24.0 Å². The number of rotatable bonds is 5. The van der Waals surface area contributed by atoms with Crippen LogP contribution in [0.15, 0.2) is 12.3 Å². The lowest BCUT2D eigenvalue weighted by Gasteiger charge is -2.28. The molecule has 0 aliphatic heterocycles. The first-order valence-corrected chi connectivity index (χ1v) is 6.09. The van der Waals surface area contributed by atoms with Gasteiger partial charge in [0.05, 0.1) is 6.61 Å². The third kappa shape index (κ3) is 2.44. The number of nitrogens with zero attached hydrogens (tertiary/aromatic N) is 2. The van der Waals surface area contributed by atoms with E-state index in [4.69, 9.17) is 0 Å². The topological polar surface area (TPSA) is 50.1 Å². The van der Waals surface area contributed by atoms with Crippen molar-refractivity contribution in [2.24, 2.45) is 7.05 Å². The second-order valence-corrected chi connectivity index (χ2v) is 4.77. The number of hydrogen-bond acceptors (Lipinski definition) is 3. The number of aliphatic hydroxyl groups excluding tert-OH is 1. The van der Waals surface area contributed by atoms with Gasteiger partial charge in [0.15, 0.2) is 0 Å². The highest BCUT2D eigenvalue weighted by molar-refractivity contribution is 5.01. The molecule has 0 spiro atoms. The summed E-state index contributed by atoms with van der Waals surface area (Å²) in [6.07, 6.45) is 7.48. The lowest BCUT2D eigenvalue weighted by atomic mass is 9.99. The Morgan fingerprint density at radius 3 is 2.81 bits per heavy atom. The first kappa shape index (κ1) is 11.6. The summed E-state index contributed by atoms with van der Waals surface area (Å²) in [7, 11) is 1.96. The van der Waals surface area contributed by atoms with Crippen LogP contribution in [0, 0.1) is 0 Å². The summed E-state index contributed by atoms with van der Waals surface area (Å²) in [4.78, 5) is 0. The van der Waals surface area contributed by atoms with Crippen molar-refractivity contribution in [2.45, 2.75) is 37.6 Å². The van der Waals surface area contributed by atoms with Crippen molar-refractivity contribution in [3.63, 3.8) is 0 Å². The summed E-state index contributed by atoms with van der Waals surface area (Å²) < 4.78 is 1.90. The van der Waals surface area contributed by atoms with E-state index in [1.54, 1.807) is 0 Å². The maximum absolute atomic E-state index is 9.45. The highest BCUT2D eigenvalue weighted by Crippen LogP contribution is 2.28. The van der Waals surface area contributed by atoms with E-state index >= 15 is 0 Å². The molecule has 1 aliphatic carbocycles. The molecule has 4 nitrogen and oxygen atoms in total. The van der Waals surface area contributed by atoms with Crippen molar-refractivity contribution in [1.82, 2.24) is 15.1 Å². The molecule has 90 valence electrons. The van der Waals surface area contributed by atoms with Gasteiger partial charge in [0.25, 0.3) is 0 Å². The molecule has 0 radical (unpaired) electrons. The van der Waals surface area contributed by atoms with Gasteiger partial charge in [-0.05, 0) is 18.9 Å². The normalized spacial score (nSPS) is 19.1. The van der Waals surface area contributed by atoms with Crippen LogP contribution in [0.4, 0.5) is 0 Å². The Hall–Kier alpha value is -0.870. The Bertz CT molecular complexity index is 329. The summed E-state index contributed by atoms with van der Waals surface area (Å²) in [5, 5.41) is 17.1. The summed E-state index contributed by atoms with van der Waals surface area (Å²) >= 11 is 0. The number of aromatic nitrogens is 2. The molecule has 1 aliphatic rings. The highest BCUT2D eigenvalue weighted by Gasteiger charge is 2.32. The van der Waals surface area contributed by atoms with Crippen molar-refractivity contribution in [3.8, 4) is 0 Å². The van der Waals surface area contributed by atoms with Crippen LogP contribution in [0.3, 0.4) is 0 Å². The monoisotopic (exact) mass is 223 g/mol. The summed E-state index contributed by atoms with van der Waals surface area (Å²) in [6.45, 7) is 1.18. The molecule has 0 aromatic carbocycles. The molecule has 2 rings (SSSR count). The van der Waals surface area contributed by atoms with Crippen LogP contribution in [-0.2, 0) is 13.5 Å². The van der Waals surface area contributed by atoms with Crippen LogP contribution < -0.4 is 5.32 Å². The molecule has 4 heteroatoms.